The fourth-order valence-electron chi connectivity index (χ4n) is 1.64. The van der Waals surface area contributed by atoms with Gasteiger partial charge in [-0.25, -0.2) is 0 Å². The number of carbonyl (C=O) groups excluding carboxylic acids is 1. The lowest BCUT2D eigenvalue weighted by Gasteiger charge is -2.14. The highest BCUT2D eigenvalue weighted by Gasteiger charge is 2.15. The molecule has 1 rings (SSSR count). The Bertz CT molecular complexity index is 489. The van der Waals surface area contributed by atoms with Crippen LogP contribution in [-0.2, 0) is 4.79 Å². The zero-order valence-corrected chi connectivity index (χ0v) is 11.4. The summed E-state index contributed by atoms with van der Waals surface area (Å²) in [5.74, 6) is -1.22. The summed E-state index contributed by atoms with van der Waals surface area (Å²) < 4.78 is 18.4. The minimum atomic E-state index is -0.993. The third-order valence-corrected chi connectivity index (χ3v) is 2.84. The van der Waals surface area contributed by atoms with E-state index >= 15 is 0 Å². The van der Waals surface area contributed by atoms with Gasteiger partial charge < -0.3 is 10.1 Å². The summed E-state index contributed by atoms with van der Waals surface area (Å²) in [6.07, 6.45) is 1.63. The van der Waals surface area contributed by atoms with Crippen molar-refractivity contribution in [3.63, 3.8) is 0 Å². The van der Waals surface area contributed by atoms with Crippen molar-refractivity contribution in [3.8, 4) is 5.75 Å². The molecule has 0 spiro atoms. The Labute approximate surface area is 116 Å². The van der Waals surface area contributed by atoms with Crippen molar-refractivity contribution in [3.05, 3.63) is 34.1 Å². The Balaban J connectivity index is 2.56. The fraction of sp³-hybridized carbons (Fsp3) is 0.462. The zero-order valence-electron chi connectivity index (χ0n) is 11.4. The molecule has 20 heavy (non-hydrogen) atoms. The van der Waals surface area contributed by atoms with Crippen molar-refractivity contribution in [1.29, 1.82) is 0 Å². The van der Waals surface area contributed by atoms with Gasteiger partial charge >= 0.3 is 5.69 Å². The summed E-state index contributed by atoms with van der Waals surface area (Å²) in [6.45, 7) is 3.66. The number of ether oxygens (including phenoxy) is 1. The molecule has 7 heteroatoms. The highest BCUT2D eigenvalue weighted by atomic mass is 19.1. The molecule has 1 aromatic rings. The average molecular weight is 284 g/mol. The number of nitrogens with zero attached hydrogens (tertiary/aromatic N) is 1. The third kappa shape index (κ3) is 4.49. The number of hydrogen-bond acceptors (Lipinski definition) is 4. The molecular weight excluding hydrogens is 267 g/mol. The molecule has 0 aliphatic rings. The minimum Gasteiger partial charge on any atom is -0.484 e. The Morgan fingerprint density at radius 2 is 2.10 bits per heavy atom. The van der Waals surface area contributed by atoms with E-state index < -0.39 is 16.4 Å². The van der Waals surface area contributed by atoms with E-state index in [0.29, 0.717) is 0 Å². The summed E-state index contributed by atoms with van der Waals surface area (Å²) in [5, 5.41) is 13.2. The number of nitro benzene ring substituents is 1. The largest absolute Gasteiger partial charge is 0.484 e. The van der Waals surface area contributed by atoms with Crippen LogP contribution in [0.5, 0.6) is 5.75 Å². The highest BCUT2D eigenvalue weighted by Crippen LogP contribution is 2.22. The number of halogens is 1. The molecular formula is C13H17FN2O4. The maximum atomic E-state index is 13.3. The molecule has 0 fully saturated rings. The minimum absolute atomic E-state index is 0.0767. The standard InChI is InChI=1S/C13H17FN2O4/c1-3-9(4-2)15-13(17)8-20-10-5-6-12(16(18)19)11(14)7-10/h5-7,9H,3-4,8H2,1-2H3,(H,15,17). The number of carbonyl (C=O) groups is 1. The smallest absolute Gasteiger partial charge is 0.305 e. The number of nitrogens with one attached hydrogen (secondary N) is 1. The number of amides is 1. The number of benzene rings is 1. The summed E-state index contributed by atoms with van der Waals surface area (Å²) in [7, 11) is 0. The van der Waals surface area contributed by atoms with Crippen molar-refractivity contribution in [2.75, 3.05) is 6.61 Å². The van der Waals surface area contributed by atoms with Gasteiger partial charge in [0.25, 0.3) is 5.91 Å². The molecule has 0 aliphatic heterocycles. The molecule has 0 atom stereocenters. The number of rotatable bonds is 7. The van der Waals surface area contributed by atoms with Crippen LogP contribution in [0, 0.1) is 15.9 Å². The quantitative estimate of drug-likeness (QED) is 0.615. The van der Waals surface area contributed by atoms with Crippen molar-refractivity contribution < 1.29 is 18.8 Å². The van der Waals surface area contributed by atoms with Gasteiger partial charge in [0.2, 0.25) is 5.82 Å². The molecule has 0 aliphatic carbocycles. The van der Waals surface area contributed by atoms with Crippen LogP contribution in [0.2, 0.25) is 0 Å². The monoisotopic (exact) mass is 284 g/mol. The van der Waals surface area contributed by atoms with Crippen LogP contribution in [0.25, 0.3) is 0 Å². The first-order valence-corrected chi connectivity index (χ1v) is 6.34. The predicted molar refractivity (Wildman–Crippen MR) is 71.1 cm³/mol. The lowest BCUT2D eigenvalue weighted by Crippen LogP contribution is -2.37. The lowest BCUT2D eigenvalue weighted by molar-refractivity contribution is -0.387. The predicted octanol–water partition coefficient (Wildman–Crippen LogP) is 2.42. The van der Waals surface area contributed by atoms with Crippen molar-refractivity contribution >= 4 is 11.6 Å². The van der Waals surface area contributed by atoms with Crippen LogP contribution in [-0.4, -0.2) is 23.5 Å². The maximum absolute atomic E-state index is 13.3. The molecule has 1 aromatic carbocycles. The Kier molecular flexibility index (Phi) is 5.89. The number of nitro groups is 1. The Morgan fingerprint density at radius 1 is 1.45 bits per heavy atom. The average Bonchev–Trinajstić information content (AvgIpc) is 2.42. The first-order chi connectivity index (χ1) is 9.47. The van der Waals surface area contributed by atoms with Gasteiger partial charge in [0.05, 0.1) is 4.92 Å². The molecule has 0 heterocycles. The molecule has 0 saturated carbocycles. The van der Waals surface area contributed by atoms with Gasteiger partial charge in [0, 0.05) is 18.2 Å². The van der Waals surface area contributed by atoms with Crippen LogP contribution in [0.3, 0.4) is 0 Å². The van der Waals surface area contributed by atoms with Gasteiger partial charge in [-0.15, -0.1) is 0 Å². The Morgan fingerprint density at radius 3 is 2.60 bits per heavy atom. The van der Waals surface area contributed by atoms with Gasteiger partial charge in [0.1, 0.15) is 5.75 Å². The second-order valence-corrected chi connectivity index (χ2v) is 4.24. The van der Waals surface area contributed by atoms with E-state index in [2.05, 4.69) is 5.32 Å². The molecule has 0 radical (unpaired) electrons. The van der Waals surface area contributed by atoms with Gasteiger partial charge in [-0.05, 0) is 18.9 Å². The van der Waals surface area contributed by atoms with Crippen LogP contribution in [0.15, 0.2) is 18.2 Å². The molecule has 0 aromatic heterocycles. The number of hydrogen-bond donors (Lipinski definition) is 1. The summed E-state index contributed by atoms with van der Waals surface area (Å²) in [6, 6.07) is 3.23. The Hall–Kier alpha value is -2.18. The fourth-order valence-corrected chi connectivity index (χ4v) is 1.64. The molecule has 0 bridgehead atoms. The molecule has 1 N–H and O–H groups in total. The van der Waals surface area contributed by atoms with E-state index in [-0.39, 0.29) is 24.3 Å². The molecule has 110 valence electrons. The maximum Gasteiger partial charge on any atom is 0.305 e. The van der Waals surface area contributed by atoms with Crippen LogP contribution in [0.4, 0.5) is 10.1 Å². The van der Waals surface area contributed by atoms with Crippen molar-refractivity contribution in [1.82, 2.24) is 5.32 Å². The second kappa shape index (κ2) is 7.42. The molecule has 0 saturated heterocycles. The lowest BCUT2D eigenvalue weighted by atomic mass is 10.2. The van der Waals surface area contributed by atoms with Crippen LogP contribution >= 0.6 is 0 Å². The third-order valence-electron chi connectivity index (χ3n) is 2.84. The zero-order chi connectivity index (χ0) is 15.1. The summed E-state index contributed by atoms with van der Waals surface area (Å²) >= 11 is 0. The first-order valence-electron chi connectivity index (χ1n) is 6.34. The van der Waals surface area contributed by atoms with Crippen molar-refractivity contribution in [2.45, 2.75) is 32.7 Å². The van der Waals surface area contributed by atoms with Crippen LogP contribution < -0.4 is 10.1 Å². The SMILES string of the molecule is CCC(CC)NC(=O)COc1ccc([N+](=O)[O-])c(F)c1. The molecule has 1 amide bonds. The topological polar surface area (TPSA) is 81.5 Å². The van der Waals surface area contributed by atoms with E-state index in [1.54, 1.807) is 0 Å². The van der Waals surface area contributed by atoms with E-state index in [9.17, 15) is 19.3 Å². The normalized spacial score (nSPS) is 10.4. The van der Waals surface area contributed by atoms with Gasteiger partial charge in [-0.3, -0.25) is 14.9 Å². The second-order valence-electron chi connectivity index (χ2n) is 4.24. The summed E-state index contributed by atoms with van der Waals surface area (Å²) in [4.78, 5) is 21.2. The van der Waals surface area contributed by atoms with E-state index in [1.165, 1.54) is 6.07 Å². The van der Waals surface area contributed by atoms with Crippen molar-refractivity contribution in [2.24, 2.45) is 0 Å². The van der Waals surface area contributed by atoms with Crippen LogP contribution in [0.1, 0.15) is 26.7 Å². The van der Waals surface area contributed by atoms with E-state index in [0.717, 1.165) is 25.0 Å². The molecule has 0 unspecified atom stereocenters. The van der Waals surface area contributed by atoms with E-state index in [4.69, 9.17) is 4.74 Å². The molecule has 6 nitrogen and oxygen atoms in total. The summed E-state index contributed by atoms with van der Waals surface area (Å²) in [5.41, 5.74) is -0.626. The van der Waals surface area contributed by atoms with Gasteiger partial charge in [-0.2, -0.15) is 4.39 Å². The highest BCUT2D eigenvalue weighted by molar-refractivity contribution is 5.77. The van der Waals surface area contributed by atoms with Gasteiger partial charge in [-0.1, -0.05) is 13.8 Å². The van der Waals surface area contributed by atoms with E-state index in [1.807, 2.05) is 13.8 Å². The van der Waals surface area contributed by atoms with Gasteiger partial charge in [0.15, 0.2) is 6.61 Å². The first kappa shape index (κ1) is 15.9.